The molecule has 2 saturated heterocycles. The zero-order valence-electron chi connectivity index (χ0n) is 37.0. The van der Waals surface area contributed by atoms with Gasteiger partial charge in [-0.1, -0.05) is 12.1 Å². The van der Waals surface area contributed by atoms with E-state index < -0.39 is 104 Å². The van der Waals surface area contributed by atoms with E-state index in [0.717, 1.165) is 4.90 Å². The van der Waals surface area contributed by atoms with Crippen LogP contribution in [0.25, 0.3) is 10.9 Å². The molecular formula is C42H55F2N11O13. The van der Waals surface area contributed by atoms with Crippen molar-refractivity contribution in [2.75, 3.05) is 103 Å². The summed E-state index contributed by atoms with van der Waals surface area (Å²) in [6.45, 7) is -1.93. The molecule has 68 heavy (non-hydrogen) atoms. The number of likely N-dealkylation sites (tertiary alicyclic amines) is 1. The molecule has 3 heterocycles. The highest BCUT2D eigenvalue weighted by Crippen LogP contribution is 2.31. The molecule has 26 heteroatoms. The molecule has 0 aliphatic carbocycles. The summed E-state index contributed by atoms with van der Waals surface area (Å²) in [5.41, 5.74) is 0.471. The van der Waals surface area contributed by atoms with Gasteiger partial charge in [0.2, 0.25) is 23.6 Å². The zero-order chi connectivity index (χ0) is 50.0. The summed E-state index contributed by atoms with van der Waals surface area (Å²) in [5, 5.41) is 58.2. The third-order valence-electron chi connectivity index (χ3n) is 11.1. The summed E-state index contributed by atoms with van der Waals surface area (Å²) in [7, 11) is 0. The van der Waals surface area contributed by atoms with E-state index in [1.54, 1.807) is 31.7 Å². The normalized spacial score (nSPS) is 18.0. The van der Waals surface area contributed by atoms with Crippen LogP contribution >= 0.6 is 0 Å². The van der Waals surface area contributed by atoms with Crippen molar-refractivity contribution in [3.05, 3.63) is 36.0 Å². The number of hydrogen-bond acceptors (Lipinski definition) is 15. The minimum Gasteiger partial charge on any atom is -0.480 e. The first-order valence-electron chi connectivity index (χ1n) is 21.6. The van der Waals surface area contributed by atoms with Crippen molar-refractivity contribution in [3.8, 4) is 6.07 Å². The molecule has 0 spiro atoms. The highest BCUT2D eigenvalue weighted by Gasteiger charge is 2.47. The Labute approximate surface area is 388 Å². The fourth-order valence-corrected chi connectivity index (χ4v) is 7.68. The Morgan fingerprint density at radius 3 is 1.79 bits per heavy atom. The second-order valence-electron chi connectivity index (χ2n) is 16.2. The van der Waals surface area contributed by atoms with Crippen LogP contribution < -0.4 is 21.3 Å². The lowest BCUT2D eigenvalue weighted by Gasteiger charge is -2.35. The molecule has 0 bridgehead atoms. The van der Waals surface area contributed by atoms with E-state index in [1.165, 1.54) is 24.4 Å². The highest BCUT2D eigenvalue weighted by molar-refractivity contribution is 6.10. The van der Waals surface area contributed by atoms with Gasteiger partial charge in [0.15, 0.2) is 0 Å². The number of amides is 5. The van der Waals surface area contributed by atoms with Crippen LogP contribution in [0.2, 0.25) is 0 Å². The van der Waals surface area contributed by atoms with Crippen molar-refractivity contribution in [1.82, 2.24) is 45.4 Å². The topological polar surface area (TPSA) is 336 Å². The van der Waals surface area contributed by atoms with Gasteiger partial charge in [0.25, 0.3) is 11.8 Å². The van der Waals surface area contributed by atoms with Gasteiger partial charge < -0.3 is 46.6 Å². The maximum atomic E-state index is 13.8. The van der Waals surface area contributed by atoms with E-state index in [1.807, 2.05) is 0 Å². The maximum Gasteiger partial charge on any atom is 0.320 e. The summed E-state index contributed by atoms with van der Waals surface area (Å²) < 4.78 is 27.6. The monoisotopic (exact) mass is 959 g/mol. The number of rotatable bonds is 21. The number of nitrogens with zero attached hydrogens (tertiary/aromatic N) is 7. The fourth-order valence-electron chi connectivity index (χ4n) is 7.68. The van der Waals surface area contributed by atoms with Crippen LogP contribution in [0.1, 0.15) is 42.5 Å². The van der Waals surface area contributed by atoms with Gasteiger partial charge in [-0.15, -0.1) is 0 Å². The number of benzene rings is 1. The van der Waals surface area contributed by atoms with Gasteiger partial charge >= 0.3 is 23.9 Å². The molecule has 2 aromatic rings. The number of nitriles is 1. The fraction of sp³-hybridized carbons (Fsp3) is 0.548. The Morgan fingerprint density at radius 1 is 0.735 bits per heavy atom. The molecule has 8 N–H and O–H groups in total. The molecule has 1 aromatic carbocycles. The number of aromatic nitrogens is 1. The smallest absolute Gasteiger partial charge is 0.320 e. The van der Waals surface area contributed by atoms with Gasteiger partial charge in [0.1, 0.15) is 12.1 Å². The lowest BCUT2D eigenvalue weighted by molar-refractivity contribution is -0.145. The van der Waals surface area contributed by atoms with E-state index in [0.29, 0.717) is 0 Å². The van der Waals surface area contributed by atoms with Gasteiger partial charge in [-0.2, -0.15) is 5.26 Å². The number of alkyl halides is 2. The van der Waals surface area contributed by atoms with E-state index >= 15 is 0 Å². The number of halogens is 2. The van der Waals surface area contributed by atoms with E-state index in [-0.39, 0.29) is 120 Å². The number of fused-ring (bicyclic) bond motifs is 1. The minimum atomic E-state index is -3.22. The van der Waals surface area contributed by atoms with Gasteiger partial charge in [0, 0.05) is 103 Å². The standard InChI is InChI=1S/C42H55F2N11O13/c43-42(44)20-27(21-45)55(26-42)35(59)22-49-40(66)29-8-9-48-39-28(29)2-1-3-30(39)50-34(58)7-6-33(57)47-11-10-46-32(56)5-4-31(41(67)68)54-18-16-52(24-37(62)63)14-12-51(23-36(60)61)13-15-53(17-19-54)25-38(64)65/h1-3,8-9,27,31H,4-7,10-20,22-26H2,(H,46,56)(H,47,57)(H,49,66)(H,50,58)(H,60,61)(H,62,63)(H,64,65)(H,67,68). The molecule has 4 rings (SSSR count). The highest BCUT2D eigenvalue weighted by atomic mass is 19.3. The minimum absolute atomic E-state index is 0.0313. The number of carboxylic acids is 4. The van der Waals surface area contributed by atoms with Crippen molar-refractivity contribution in [2.24, 2.45) is 0 Å². The summed E-state index contributed by atoms with van der Waals surface area (Å²) in [5.74, 6) is -11.1. The summed E-state index contributed by atoms with van der Waals surface area (Å²) in [6.07, 6.45) is -0.438. The van der Waals surface area contributed by atoms with Crippen LogP contribution in [0, 0.1) is 11.3 Å². The second-order valence-corrected chi connectivity index (χ2v) is 16.2. The first kappa shape index (κ1) is 53.7. The van der Waals surface area contributed by atoms with Crippen LogP contribution in [0.5, 0.6) is 0 Å². The Hall–Kier alpha value is -6.95. The first-order valence-corrected chi connectivity index (χ1v) is 21.6. The van der Waals surface area contributed by atoms with Gasteiger partial charge in [-0.25, -0.2) is 8.78 Å². The number of aliphatic carboxylic acids is 4. The SMILES string of the molecule is N#CC1CC(F)(F)CN1C(=O)CNC(=O)c1ccnc2c(NC(=O)CCC(=O)NCCNC(=O)CCC(C(=O)O)N3CCN(CC(=O)O)CCN(CC(=O)O)CCN(CC(=O)O)CC3)cccc12. The molecule has 1 aromatic heterocycles. The predicted octanol–water partition coefficient (Wildman–Crippen LogP) is -1.62. The average molecular weight is 960 g/mol. The molecule has 0 saturated carbocycles. The number of carbonyl (C=O) groups is 9. The molecule has 0 radical (unpaired) electrons. The van der Waals surface area contributed by atoms with E-state index in [2.05, 4.69) is 26.3 Å². The number of anilines is 1. The van der Waals surface area contributed by atoms with Crippen LogP contribution in [0.15, 0.2) is 30.5 Å². The number of para-hydroxylation sites is 1. The Morgan fingerprint density at radius 2 is 1.26 bits per heavy atom. The third-order valence-corrected chi connectivity index (χ3v) is 11.1. The van der Waals surface area contributed by atoms with Crippen molar-refractivity contribution >= 4 is 70.0 Å². The third kappa shape index (κ3) is 17.4. The van der Waals surface area contributed by atoms with Gasteiger partial charge in [0.05, 0.1) is 55.6 Å². The molecule has 24 nitrogen and oxygen atoms in total. The van der Waals surface area contributed by atoms with E-state index in [9.17, 15) is 77.6 Å². The quantitative estimate of drug-likeness (QED) is 0.0652. The Balaban J connectivity index is 1.23. The lowest BCUT2D eigenvalue weighted by atomic mass is 10.1. The van der Waals surface area contributed by atoms with Crippen molar-refractivity contribution in [3.63, 3.8) is 0 Å². The molecule has 2 aliphatic heterocycles. The van der Waals surface area contributed by atoms with Crippen molar-refractivity contribution < 1.29 is 72.4 Å². The lowest BCUT2D eigenvalue weighted by Crippen LogP contribution is -2.52. The van der Waals surface area contributed by atoms with Crippen LogP contribution in [-0.4, -0.2) is 220 Å². The largest absolute Gasteiger partial charge is 0.480 e. The van der Waals surface area contributed by atoms with Gasteiger partial charge in [-0.3, -0.25) is 67.7 Å². The van der Waals surface area contributed by atoms with Gasteiger partial charge in [-0.05, 0) is 18.6 Å². The Kier molecular flexibility index (Phi) is 20.4. The molecule has 2 aliphatic rings. The molecular weight excluding hydrogens is 905 g/mol. The number of hydrogen-bond donors (Lipinski definition) is 8. The maximum absolute atomic E-state index is 13.8. The average Bonchev–Trinajstić information content (AvgIpc) is 3.60. The van der Waals surface area contributed by atoms with Crippen LogP contribution in [0.3, 0.4) is 0 Å². The number of carbonyl (C=O) groups excluding carboxylic acids is 5. The molecule has 2 unspecified atom stereocenters. The molecule has 2 atom stereocenters. The summed E-state index contributed by atoms with van der Waals surface area (Å²) in [4.78, 5) is 122. The molecule has 5 amide bonds. The number of carboxylic acid groups (broad SMARTS) is 4. The molecule has 370 valence electrons. The van der Waals surface area contributed by atoms with Crippen molar-refractivity contribution in [1.29, 1.82) is 5.26 Å². The summed E-state index contributed by atoms with van der Waals surface area (Å²) in [6, 6.07) is 5.07. The number of pyridine rings is 1. The number of nitrogens with one attached hydrogen (secondary N) is 4. The first-order chi connectivity index (χ1) is 32.2. The van der Waals surface area contributed by atoms with Crippen LogP contribution in [0.4, 0.5) is 14.5 Å². The Bertz CT molecular complexity index is 2200. The zero-order valence-corrected chi connectivity index (χ0v) is 37.0. The second kappa shape index (κ2) is 25.8. The summed E-state index contributed by atoms with van der Waals surface area (Å²) >= 11 is 0. The molecule has 2 fully saturated rings. The van der Waals surface area contributed by atoms with Crippen LogP contribution in [-0.2, 0) is 38.4 Å². The van der Waals surface area contributed by atoms with E-state index in [4.69, 9.17) is 0 Å². The van der Waals surface area contributed by atoms with Crippen molar-refractivity contribution in [2.45, 2.75) is 50.1 Å². The predicted molar refractivity (Wildman–Crippen MR) is 233 cm³/mol.